The Labute approximate surface area is 134 Å². The maximum atomic E-state index is 12.0. The molecule has 0 atom stereocenters. The molecule has 0 bridgehead atoms. The summed E-state index contributed by atoms with van der Waals surface area (Å²) in [5.74, 6) is -0.225. The Balaban J connectivity index is 1.77. The van der Waals surface area contributed by atoms with Gasteiger partial charge < -0.3 is 10.4 Å². The number of para-hydroxylation sites is 1. The van der Waals surface area contributed by atoms with Crippen LogP contribution >= 0.6 is 0 Å². The van der Waals surface area contributed by atoms with E-state index in [0.29, 0.717) is 18.8 Å². The molecule has 0 saturated carbocycles. The Morgan fingerprint density at radius 1 is 1.22 bits per heavy atom. The second-order valence-electron chi connectivity index (χ2n) is 5.50. The van der Waals surface area contributed by atoms with Crippen LogP contribution < -0.4 is 5.32 Å². The van der Waals surface area contributed by atoms with Gasteiger partial charge in [-0.05, 0) is 0 Å². The van der Waals surface area contributed by atoms with E-state index in [1.807, 2.05) is 0 Å². The lowest BCUT2D eigenvalue weighted by atomic mass is 10.1. The molecule has 2 N–H and O–H groups in total. The number of nitrogens with zero attached hydrogens (tertiary/aromatic N) is 3. The van der Waals surface area contributed by atoms with Crippen molar-refractivity contribution in [1.82, 2.24) is 15.1 Å². The number of carbonyl (C=O) groups is 1. The molecule has 1 aromatic rings. The lowest BCUT2D eigenvalue weighted by Gasteiger charge is -2.34. The first kappa shape index (κ1) is 17.3. The second-order valence-corrected chi connectivity index (χ2v) is 5.50. The third kappa shape index (κ3) is 5.27. The molecule has 23 heavy (non-hydrogen) atoms. The summed E-state index contributed by atoms with van der Waals surface area (Å²) in [5, 5.41) is 22.6. The van der Waals surface area contributed by atoms with Crippen LogP contribution in [0.3, 0.4) is 0 Å². The molecule has 1 saturated heterocycles. The molecule has 2 rings (SSSR count). The van der Waals surface area contributed by atoms with Crippen molar-refractivity contribution in [3.8, 4) is 0 Å². The highest BCUT2D eigenvalue weighted by atomic mass is 16.6. The van der Waals surface area contributed by atoms with Crippen LogP contribution in [-0.4, -0.2) is 71.7 Å². The Morgan fingerprint density at radius 2 is 1.87 bits per heavy atom. The lowest BCUT2D eigenvalue weighted by Crippen LogP contribution is -2.50. The monoisotopic (exact) mass is 322 g/mol. The smallest absolute Gasteiger partial charge is 0.273 e. The molecule has 1 aliphatic heterocycles. The molecule has 0 aliphatic carbocycles. The van der Waals surface area contributed by atoms with Gasteiger partial charge in [0.2, 0.25) is 5.91 Å². The van der Waals surface area contributed by atoms with Crippen LogP contribution in [0.1, 0.15) is 5.56 Å². The van der Waals surface area contributed by atoms with Gasteiger partial charge in [-0.15, -0.1) is 0 Å². The molecule has 1 heterocycles. The van der Waals surface area contributed by atoms with Crippen LogP contribution in [0.5, 0.6) is 0 Å². The number of nitro benzene ring substituents is 1. The predicted molar refractivity (Wildman–Crippen MR) is 84.9 cm³/mol. The van der Waals surface area contributed by atoms with Gasteiger partial charge in [-0.2, -0.15) is 0 Å². The number of hydrogen-bond donors (Lipinski definition) is 2. The van der Waals surface area contributed by atoms with Crippen molar-refractivity contribution in [2.75, 3.05) is 46.0 Å². The number of aliphatic hydroxyl groups excluding tert-OH is 1. The van der Waals surface area contributed by atoms with Gasteiger partial charge in [-0.3, -0.25) is 24.7 Å². The van der Waals surface area contributed by atoms with Crippen molar-refractivity contribution in [2.45, 2.75) is 6.42 Å². The van der Waals surface area contributed by atoms with Crippen LogP contribution in [0.25, 0.3) is 0 Å². The molecule has 1 aliphatic rings. The summed E-state index contributed by atoms with van der Waals surface area (Å²) < 4.78 is 0. The van der Waals surface area contributed by atoms with Crippen LogP contribution in [0, 0.1) is 10.1 Å². The average Bonchev–Trinajstić information content (AvgIpc) is 2.55. The molecule has 1 amide bonds. The van der Waals surface area contributed by atoms with E-state index in [1.165, 1.54) is 6.07 Å². The number of hydrogen-bond acceptors (Lipinski definition) is 6. The highest BCUT2D eigenvalue weighted by Crippen LogP contribution is 2.17. The van der Waals surface area contributed by atoms with Gasteiger partial charge in [0.25, 0.3) is 5.69 Å². The van der Waals surface area contributed by atoms with Gasteiger partial charge in [-0.1, -0.05) is 18.2 Å². The molecule has 1 fully saturated rings. The minimum absolute atomic E-state index is 0.00162. The van der Waals surface area contributed by atoms with Crippen LogP contribution in [0.2, 0.25) is 0 Å². The largest absolute Gasteiger partial charge is 0.395 e. The first-order chi connectivity index (χ1) is 11.1. The maximum absolute atomic E-state index is 12.0. The first-order valence-electron chi connectivity index (χ1n) is 7.64. The predicted octanol–water partition coefficient (Wildman–Crippen LogP) is -0.179. The van der Waals surface area contributed by atoms with Crippen LogP contribution in [0.4, 0.5) is 5.69 Å². The summed E-state index contributed by atoms with van der Waals surface area (Å²) in [5.41, 5.74) is 0.392. The number of piperazine rings is 1. The van der Waals surface area contributed by atoms with E-state index >= 15 is 0 Å². The number of amides is 1. The standard InChI is InChI=1S/C15H22N4O4/c20-10-9-17-5-7-18(8-6-17)12-16-15(21)11-13-3-1-2-4-14(13)19(22)23/h1-4,20H,5-12H2,(H,16,21). The van der Waals surface area contributed by atoms with Crippen molar-refractivity contribution in [3.05, 3.63) is 39.9 Å². The number of rotatable bonds is 7. The molecular formula is C15H22N4O4. The number of carbonyl (C=O) groups excluding carboxylic acids is 1. The molecule has 0 unspecified atom stereocenters. The minimum atomic E-state index is -0.469. The summed E-state index contributed by atoms with van der Waals surface area (Å²) >= 11 is 0. The minimum Gasteiger partial charge on any atom is -0.395 e. The quantitative estimate of drug-likeness (QED) is 0.534. The van der Waals surface area contributed by atoms with Gasteiger partial charge in [0.05, 0.1) is 24.6 Å². The fourth-order valence-electron chi connectivity index (χ4n) is 2.59. The fourth-order valence-corrected chi connectivity index (χ4v) is 2.59. The lowest BCUT2D eigenvalue weighted by molar-refractivity contribution is -0.385. The van der Waals surface area contributed by atoms with Gasteiger partial charge in [0.1, 0.15) is 0 Å². The molecule has 126 valence electrons. The van der Waals surface area contributed by atoms with Gasteiger partial charge in [0.15, 0.2) is 0 Å². The topological polar surface area (TPSA) is 98.9 Å². The Bertz CT molecular complexity index is 544. The number of aliphatic hydroxyl groups is 1. The van der Waals surface area contributed by atoms with Crippen LogP contribution in [0.15, 0.2) is 24.3 Å². The van der Waals surface area contributed by atoms with E-state index in [1.54, 1.807) is 18.2 Å². The number of nitrogens with one attached hydrogen (secondary N) is 1. The van der Waals surface area contributed by atoms with Gasteiger partial charge >= 0.3 is 0 Å². The Kier molecular flexibility index (Phi) is 6.45. The van der Waals surface area contributed by atoms with E-state index in [0.717, 1.165) is 26.2 Å². The molecule has 1 aromatic carbocycles. The summed E-state index contributed by atoms with van der Waals surface area (Å²) in [6.45, 7) is 4.65. The zero-order valence-electron chi connectivity index (χ0n) is 13.0. The highest BCUT2D eigenvalue weighted by molar-refractivity contribution is 5.79. The third-order valence-corrected chi connectivity index (χ3v) is 3.92. The summed E-state index contributed by atoms with van der Waals surface area (Å²) in [7, 11) is 0. The highest BCUT2D eigenvalue weighted by Gasteiger charge is 2.18. The normalized spacial score (nSPS) is 16.2. The van der Waals surface area contributed by atoms with Crippen molar-refractivity contribution in [1.29, 1.82) is 0 Å². The molecular weight excluding hydrogens is 300 g/mol. The average molecular weight is 322 g/mol. The van der Waals surface area contributed by atoms with Crippen LogP contribution in [-0.2, 0) is 11.2 Å². The van der Waals surface area contributed by atoms with Crippen molar-refractivity contribution in [2.24, 2.45) is 0 Å². The van der Waals surface area contributed by atoms with Crippen molar-refractivity contribution < 1.29 is 14.8 Å². The number of benzene rings is 1. The van der Waals surface area contributed by atoms with E-state index < -0.39 is 4.92 Å². The van der Waals surface area contributed by atoms with Crippen molar-refractivity contribution in [3.63, 3.8) is 0 Å². The molecule has 0 aromatic heterocycles. The molecule has 8 heteroatoms. The Hall–Kier alpha value is -2.03. The van der Waals surface area contributed by atoms with Gasteiger partial charge in [0, 0.05) is 44.4 Å². The van der Waals surface area contributed by atoms with E-state index in [2.05, 4.69) is 15.1 Å². The molecule has 8 nitrogen and oxygen atoms in total. The van der Waals surface area contributed by atoms with Crippen molar-refractivity contribution >= 4 is 11.6 Å². The van der Waals surface area contributed by atoms with E-state index in [-0.39, 0.29) is 24.6 Å². The number of β-amino-alcohol motifs (C(OH)–C–C–N with tert-alkyl or cyclic N) is 1. The Morgan fingerprint density at radius 3 is 2.52 bits per heavy atom. The third-order valence-electron chi connectivity index (χ3n) is 3.92. The van der Waals surface area contributed by atoms with E-state index in [9.17, 15) is 14.9 Å². The zero-order chi connectivity index (χ0) is 16.7. The first-order valence-corrected chi connectivity index (χ1v) is 7.64. The SMILES string of the molecule is O=C(Cc1ccccc1[N+](=O)[O-])NCN1CCN(CCO)CC1. The number of nitro groups is 1. The summed E-state index contributed by atoms with van der Waals surface area (Å²) in [6, 6.07) is 6.29. The second kappa shape index (κ2) is 8.56. The molecule has 0 radical (unpaired) electrons. The summed E-state index contributed by atoms with van der Waals surface area (Å²) in [6.07, 6.45) is 0.00162. The zero-order valence-corrected chi connectivity index (χ0v) is 13.0. The summed E-state index contributed by atoms with van der Waals surface area (Å²) in [4.78, 5) is 26.7. The fraction of sp³-hybridized carbons (Fsp3) is 0.533. The molecule has 0 spiro atoms. The maximum Gasteiger partial charge on any atom is 0.273 e. The van der Waals surface area contributed by atoms with Gasteiger partial charge in [-0.25, -0.2) is 0 Å². The van der Waals surface area contributed by atoms with E-state index in [4.69, 9.17) is 5.11 Å².